The lowest BCUT2D eigenvalue weighted by Gasteiger charge is -2.36. The van der Waals surface area contributed by atoms with E-state index in [-0.39, 0.29) is 28.9 Å². The second-order valence-corrected chi connectivity index (χ2v) is 8.28. The Morgan fingerprint density at radius 3 is 2.59 bits per heavy atom. The molecule has 0 N–H and O–H groups in total. The summed E-state index contributed by atoms with van der Waals surface area (Å²) in [4.78, 5) is 21.1. The van der Waals surface area contributed by atoms with Crippen molar-refractivity contribution in [2.75, 3.05) is 0 Å². The molecule has 0 unspecified atom stereocenters. The van der Waals surface area contributed by atoms with Crippen LogP contribution >= 0.6 is 15.9 Å². The molecule has 8 heteroatoms. The largest absolute Gasteiger partial charge is 0.417 e. The maximum Gasteiger partial charge on any atom is 0.417 e. The minimum Gasteiger partial charge on any atom is -0.299 e. The van der Waals surface area contributed by atoms with Crippen LogP contribution in [0.25, 0.3) is 0 Å². The Hall–Kier alpha value is -2.27. The zero-order valence-corrected chi connectivity index (χ0v) is 17.2. The molecule has 0 bridgehead atoms. The molecule has 2 aromatic rings. The van der Waals surface area contributed by atoms with E-state index in [1.165, 1.54) is 18.3 Å². The van der Waals surface area contributed by atoms with Gasteiger partial charge in [0, 0.05) is 28.9 Å². The molecule has 1 aromatic heterocycles. The highest BCUT2D eigenvalue weighted by molar-refractivity contribution is 9.10. The van der Waals surface area contributed by atoms with Gasteiger partial charge >= 0.3 is 6.18 Å². The third kappa shape index (κ3) is 5.02. The number of carbonyl (C=O) groups excluding carboxylic acids is 1. The summed E-state index contributed by atoms with van der Waals surface area (Å²) in [6.45, 7) is 0. The van der Waals surface area contributed by atoms with Gasteiger partial charge in [0.05, 0.1) is 11.3 Å². The second-order valence-electron chi connectivity index (χ2n) is 7.42. The van der Waals surface area contributed by atoms with Crippen molar-refractivity contribution in [1.82, 2.24) is 9.97 Å². The summed E-state index contributed by atoms with van der Waals surface area (Å²) >= 11 is 2.92. The standard InChI is InChI=1S/C21H19BrF3N3O/c22-17-5-4-14(11-16(17)21(23,24)25)10-15(29)12-20(7-2-1-3-8-20)18-6-9-27-19(13-26)28-18/h4-6,9,11H,1-3,7-8,10,12H2. The summed E-state index contributed by atoms with van der Waals surface area (Å²) in [6.07, 6.45) is 1.60. The van der Waals surface area contributed by atoms with Crippen molar-refractivity contribution < 1.29 is 18.0 Å². The highest BCUT2D eigenvalue weighted by atomic mass is 79.9. The molecule has 0 spiro atoms. The fraction of sp³-hybridized carbons (Fsp3) is 0.429. The van der Waals surface area contributed by atoms with E-state index in [0.717, 1.165) is 38.2 Å². The molecule has 1 aliphatic rings. The van der Waals surface area contributed by atoms with Crippen LogP contribution in [0, 0.1) is 11.3 Å². The van der Waals surface area contributed by atoms with Crippen LogP contribution in [0.3, 0.4) is 0 Å². The molecule has 152 valence electrons. The Balaban J connectivity index is 1.84. The SMILES string of the molecule is N#Cc1nccc(C2(CC(=O)Cc3ccc(Br)c(C(F)(F)F)c3)CCCCC2)n1. The van der Waals surface area contributed by atoms with Crippen LogP contribution < -0.4 is 0 Å². The molecule has 0 atom stereocenters. The number of hydrogen-bond donors (Lipinski definition) is 0. The van der Waals surface area contributed by atoms with Crippen molar-refractivity contribution in [2.45, 2.75) is 56.5 Å². The zero-order chi connectivity index (χ0) is 21.1. The number of carbonyl (C=O) groups is 1. The molecule has 1 fully saturated rings. The summed E-state index contributed by atoms with van der Waals surface area (Å²) in [7, 11) is 0. The molecule has 0 saturated heterocycles. The Bertz CT molecular complexity index is 947. The third-order valence-electron chi connectivity index (χ3n) is 5.38. The van der Waals surface area contributed by atoms with Crippen molar-refractivity contribution in [3.05, 3.63) is 57.6 Å². The number of nitriles is 1. The normalized spacial score (nSPS) is 16.2. The molecular weight excluding hydrogens is 447 g/mol. The number of aromatic nitrogens is 2. The Labute approximate surface area is 175 Å². The fourth-order valence-electron chi connectivity index (χ4n) is 4.03. The number of nitrogens with zero attached hydrogens (tertiary/aromatic N) is 3. The average Bonchev–Trinajstić information content (AvgIpc) is 2.69. The predicted octanol–water partition coefficient (Wildman–Crippen LogP) is 5.53. The number of Topliss-reactive ketones (excluding diaryl/α,β-unsaturated/α-hetero) is 1. The molecule has 1 aliphatic carbocycles. The van der Waals surface area contributed by atoms with E-state index >= 15 is 0 Å². The predicted molar refractivity (Wildman–Crippen MR) is 104 cm³/mol. The number of hydrogen-bond acceptors (Lipinski definition) is 4. The molecule has 0 amide bonds. The number of ketones is 1. The van der Waals surface area contributed by atoms with E-state index in [1.54, 1.807) is 6.07 Å². The van der Waals surface area contributed by atoms with Crippen molar-refractivity contribution in [3.8, 4) is 6.07 Å². The van der Waals surface area contributed by atoms with E-state index in [0.29, 0.717) is 11.3 Å². The van der Waals surface area contributed by atoms with E-state index in [9.17, 15) is 18.0 Å². The fourth-order valence-corrected chi connectivity index (χ4v) is 4.50. The highest BCUT2D eigenvalue weighted by Crippen LogP contribution is 2.42. The van der Waals surface area contributed by atoms with Gasteiger partial charge < -0.3 is 0 Å². The van der Waals surface area contributed by atoms with Crippen LogP contribution in [0.1, 0.15) is 61.2 Å². The maximum absolute atomic E-state index is 13.1. The summed E-state index contributed by atoms with van der Waals surface area (Å²) < 4.78 is 39.4. The van der Waals surface area contributed by atoms with Crippen LogP contribution in [0.5, 0.6) is 0 Å². The molecule has 29 heavy (non-hydrogen) atoms. The van der Waals surface area contributed by atoms with Gasteiger partial charge in [-0.05, 0) is 36.6 Å². The minimum atomic E-state index is -4.49. The summed E-state index contributed by atoms with van der Waals surface area (Å²) in [6, 6.07) is 7.54. The maximum atomic E-state index is 13.1. The second kappa shape index (κ2) is 8.62. The van der Waals surface area contributed by atoms with Gasteiger partial charge in [-0.2, -0.15) is 18.4 Å². The summed E-state index contributed by atoms with van der Waals surface area (Å²) in [5, 5.41) is 9.10. The van der Waals surface area contributed by atoms with Gasteiger partial charge in [0.25, 0.3) is 0 Å². The van der Waals surface area contributed by atoms with Gasteiger partial charge in [-0.25, -0.2) is 9.97 Å². The van der Waals surface area contributed by atoms with Crippen molar-refractivity contribution in [1.29, 1.82) is 5.26 Å². The van der Waals surface area contributed by atoms with Crippen LogP contribution in [-0.4, -0.2) is 15.8 Å². The van der Waals surface area contributed by atoms with Crippen LogP contribution in [0.4, 0.5) is 13.2 Å². The molecular formula is C21H19BrF3N3O. The van der Waals surface area contributed by atoms with Gasteiger partial charge in [-0.3, -0.25) is 4.79 Å². The topological polar surface area (TPSA) is 66.6 Å². The first kappa shape index (κ1) is 21.4. The van der Waals surface area contributed by atoms with E-state index in [2.05, 4.69) is 25.9 Å². The van der Waals surface area contributed by atoms with Crippen LogP contribution in [0.2, 0.25) is 0 Å². The Kier molecular flexibility index (Phi) is 6.37. The van der Waals surface area contributed by atoms with E-state index in [1.807, 2.05) is 6.07 Å². The average molecular weight is 466 g/mol. The summed E-state index contributed by atoms with van der Waals surface area (Å²) in [5.41, 5.74) is -0.281. The first-order valence-electron chi connectivity index (χ1n) is 9.34. The first-order valence-corrected chi connectivity index (χ1v) is 10.1. The molecule has 1 heterocycles. The molecule has 0 radical (unpaired) electrons. The first-order chi connectivity index (χ1) is 13.7. The van der Waals surface area contributed by atoms with E-state index < -0.39 is 17.2 Å². The van der Waals surface area contributed by atoms with E-state index in [4.69, 9.17) is 5.26 Å². The van der Waals surface area contributed by atoms with Crippen LogP contribution in [0.15, 0.2) is 34.9 Å². The molecule has 4 nitrogen and oxygen atoms in total. The zero-order valence-electron chi connectivity index (χ0n) is 15.6. The Morgan fingerprint density at radius 2 is 1.93 bits per heavy atom. The van der Waals surface area contributed by atoms with Gasteiger partial charge in [-0.1, -0.05) is 41.3 Å². The lowest BCUT2D eigenvalue weighted by Crippen LogP contribution is -2.33. The highest BCUT2D eigenvalue weighted by Gasteiger charge is 2.38. The van der Waals surface area contributed by atoms with Gasteiger partial charge in [-0.15, -0.1) is 0 Å². The molecule has 1 saturated carbocycles. The number of rotatable bonds is 5. The van der Waals surface area contributed by atoms with Crippen molar-refractivity contribution in [3.63, 3.8) is 0 Å². The third-order valence-corrected chi connectivity index (χ3v) is 6.07. The smallest absolute Gasteiger partial charge is 0.299 e. The van der Waals surface area contributed by atoms with Gasteiger partial charge in [0.1, 0.15) is 11.9 Å². The number of alkyl halides is 3. The number of halogens is 4. The molecule has 0 aliphatic heterocycles. The van der Waals surface area contributed by atoms with Crippen molar-refractivity contribution >= 4 is 21.7 Å². The van der Waals surface area contributed by atoms with Crippen molar-refractivity contribution in [2.24, 2.45) is 0 Å². The quantitative estimate of drug-likeness (QED) is 0.581. The Morgan fingerprint density at radius 1 is 1.21 bits per heavy atom. The van der Waals surface area contributed by atoms with Crippen LogP contribution in [-0.2, 0) is 22.8 Å². The lowest BCUT2D eigenvalue weighted by atomic mass is 9.68. The summed E-state index contributed by atoms with van der Waals surface area (Å²) in [5.74, 6) is -0.0814. The number of benzene rings is 1. The van der Waals surface area contributed by atoms with Gasteiger partial charge in [0.15, 0.2) is 0 Å². The molecule has 1 aromatic carbocycles. The lowest BCUT2D eigenvalue weighted by molar-refractivity contribution is -0.138. The molecule has 3 rings (SSSR count). The van der Waals surface area contributed by atoms with Gasteiger partial charge in [0.2, 0.25) is 5.82 Å². The monoisotopic (exact) mass is 465 g/mol. The minimum absolute atomic E-state index is 0.0463.